The van der Waals surface area contributed by atoms with E-state index in [1.807, 2.05) is 0 Å². The lowest BCUT2D eigenvalue weighted by atomic mass is 10.2. The fourth-order valence-corrected chi connectivity index (χ4v) is 3.02. The Bertz CT molecular complexity index is 534. The average molecular weight is 287 g/mol. The van der Waals surface area contributed by atoms with Crippen molar-refractivity contribution in [3.05, 3.63) is 35.2 Å². The Morgan fingerprint density at radius 2 is 2.00 bits per heavy atom. The predicted molar refractivity (Wildman–Crippen MR) is 67.9 cm³/mol. The highest BCUT2D eigenvalue weighted by molar-refractivity contribution is 8.01. The van der Waals surface area contributed by atoms with E-state index in [9.17, 15) is 8.78 Å². The van der Waals surface area contributed by atoms with Crippen LogP contribution < -0.4 is 5.32 Å². The largest absolute Gasteiger partial charge is 0.316 e. The van der Waals surface area contributed by atoms with Crippen LogP contribution >= 0.6 is 23.3 Å². The maximum absolute atomic E-state index is 13.8. The number of hydrogen-bond acceptors (Lipinski definition) is 5. The summed E-state index contributed by atoms with van der Waals surface area (Å²) in [5, 5.41) is 2.85. The molecule has 0 atom stereocenters. The van der Waals surface area contributed by atoms with E-state index in [1.165, 1.54) is 12.1 Å². The molecule has 1 aromatic heterocycles. The summed E-state index contributed by atoms with van der Waals surface area (Å²) in [4.78, 5) is 4.04. The molecule has 0 aliphatic rings. The zero-order valence-corrected chi connectivity index (χ0v) is 11.5. The van der Waals surface area contributed by atoms with Crippen LogP contribution in [0, 0.1) is 18.6 Å². The highest BCUT2D eigenvalue weighted by atomic mass is 32.2. The van der Waals surface area contributed by atoms with Gasteiger partial charge >= 0.3 is 0 Å². The van der Waals surface area contributed by atoms with Crippen LogP contribution in [0.2, 0.25) is 0 Å². The molecule has 0 aliphatic carbocycles. The van der Waals surface area contributed by atoms with Crippen LogP contribution in [0.1, 0.15) is 11.4 Å². The van der Waals surface area contributed by atoms with E-state index in [4.69, 9.17) is 0 Å². The maximum atomic E-state index is 13.8. The third-order valence-corrected chi connectivity index (χ3v) is 4.07. The molecule has 0 unspecified atom stereocenters. The van der Waals surface area contributed by atoms with Gasteiger partial charge in [-0.05, 0) is 43.2 Å². The number of nitrogens with one attached hydrogen (secondary N) is 1. The minimum atomic E-state index is -0.571. The van der Waals surface area contributed by atoms with Crippen LogP contribution in [0.3, 0.4) is 0 Å². The molecule has 1 aromatic carbocycles. The van der Waals surface area contributed by atoms with E-state index >= 15 is 0 Å². The highest BCUT2D eigenvalue weighted by Gasteiger charge is 2.14. The molecule has 7 heteroatoms. The van der Waals surface area contributed by atoms with E-state index < -0.39 is 11.6 Å². The molecule has 1 heterocycles. The molecule has 3 nitrogen and oxygen atoms in total. The molecule has 0 bridgehead atoms. The van der Waals surface area contributed by atoms with Gasteiger partial charge in [0.25, 0.3) is 0 Å². The Labute approximate surface area is 112 Å². The lowest BCUT2D eigenvalue weighted by Crippen LogP contribution is -2.06. The van der Waals surface area contributed by atoms with Gasteiger partial charge in [0.05, 0.1) is 4.90 Å². The fourth-order valence-electron chi connectivity index (χ4n) is 1.42. The van der Waals surface area contributed by atoms with Crippen LogP contribution in [0.5, 0.6) is 0 Å². The minimum absolute atomic E-state index is 0.0361. The first-order valence-electron chi connectivity index (χ1n) is 5.21. The Hall–Kier alpha value is -1.05. The van der Waals surface area contributed by atoms with Gasteiger partial charge in [0.2, 0.25) is 0 Å². The first-order valence-corrected chi connectivity index (χ1v) is 6.80. The Morgan fingerprint density at radius 3 is 2.50 bits per heavy atom. The lowest BCUT2D eigenvalue weighted by Gasteiger charge is -2.06. The first kappa shape index (κ1) is 13.4. The Kier molecular flexibility index (Phi) is 4.26. The molecule has 0 fully saturated rings. The molecule has 0 radical (unpaired) electrons. The quantitative estimate of drug-likeness (QED) is 0.938. The minimum Gasteiger partial charge on any atom is -0.316 e. The molecule has 18 heavy (non-hydrogen) atoms. The van der Waals surface area contributed by atoms with Gasteiger partial charge < -0.3 is 5.32 Å². The van der Waals surface area contributed by atoms with Gasteiger partial charge in [0, 0.05) is 6.54 Å². The van der Waals surface area contributed by atoms with Crippen LogP contribution in [0.25, 0.3) is 0 Å². The van der Waals surface area contributed by atoms with Crippen molar-refractivity contribution < 1.29 is 8.78 Å². The normalized spacial score (nSPS) is 10.9. The van der Waals surface area contributed by atoms with Gasteiger partial charge in [-0.25, -0.2) is 13.8 Å². The van der Waals surface area contributed by atoms with Crippen molar-refractivity contribution in [2.75, 3.05) is 7.05 Å². The van der Waals surface area contributed by atoms with Crippen LogP contribution in [0.15, 0.2) is 21.4 Å². The SMILES string of the molecule is CNCc1cc(F)c(Sc2nc(C)ns2)c(F)c1. The molecule has 0 aliphatic heterocycles. The number of hydrogen-bond donors (Lipinski definition) is 1. The summed E-state index contributed by atoms with van der Waals surface area (Å²) in [5.74, 6) is -0.536. The molecule has 0 spiro atoms. The van der Waals surface area contributed by atoms with Gasteiger partial charge in [-0.3, -0.25) is 0 Å². The second-order valence-electron chi connectivity index (χ2n) is 3.63. The Morgan fingerprint density at radius 1 is 1.33 bits per heavy atom. The second kappa shape index (κ2) is 5.73. The topological polar surface area (TPSA) is 37.8 Å². The molecule has 0 saturated carbocycles. The average Bonchev–Trinajstić information content (AvgIpc) is 2.70. The Balaban J connectivity index is 2.28. The van der Waals surface area contributed by atoms with E-state index in [-0.39, 0.29) is 4.90 Å². The van der Waals surface area contributed by atoms with Gasteiger partial charge in [0.15, 0.2) is 4.34 Å². The molecular weight excluding hydrogens is 276 g/mol. The van der Waals surface area contributed by atoms with Crippen LogP contribution in [-0.2, 0) is 6.54 Å². The predicted octanol–water partition coefficient (Wildman–Crippen LogP) is 3.00. The monoisotopic (exact) mass is 287 g/mol. The third kappa shape index (κ3) is 3.04. The second-order valence-corrected chi connectivity index (χ2v) is 5.64. The van der Waals surface area contributed by atoms with Gasteiger partial charge in [0.1, 0.15) is 17.5 Å². The van der Waals surface area contributed by atoms with Crippen molar-refractivity contribution in [1.29, 1.82) is 0 Å². The van der Waals surface area contributed by atoms with Gasteiger partial charge in [-0.2, -0.15) is 4.37 Å². The van der Waals surface area contributed by atoms with Crippen LogP contribution in [-0.4, -0.2) is 16.4 Å². The number of nitrogens with zero attached hydrogens (tertiary/aromatic N) is 2. The van der Waals surface area contributed by atoms with Crippen molar-refractivity contribution >= 4 is 23.3 Å². The summed E-state index contributed by atoms with van der Waals surface area (Å²) in [7, 11) is 1.72. The van der Waals surface area contributed by atoms with Crippen molar-refractivity contribution in [1.82, 2.24) is 14.7 Å². The summed E-state index contributed by atoms with van der Waals surface area (Å²) in [6.45, 7) is 2.17. The molecule has 0 amide bonds. The number of rotatable bonds is 4. The van der Waals surface area contributed by atoms with Gasteiger partial charge in [-0.15, -0.1) is 0 Å². The van der Waals surface area contributed by atoms with Gasteiger partial charge in [-0.1, -0.05) is 11.8 Å². The van der Waals surface area contributed by atoms with Crippen molar-refractivity contribution in [2.24, 2.45) is 0 Å². The zero-order valence-electron chi connectivity index (χ0n) is 9.83. The first-order chi connectivity index (χ1) is 8.60. The summed E-state index contributed by atoms with van der Waals surface area (Å²) in [5.41, 5.74) is 0.574. The highest BCUT2D eigenvalue weighted by Crippen LogP contribution is 2.33. The molecule has 0 saturated heterocycles. The number of aryl methyl sites for hydroxylation is 1. The standard InChI is InChI=1S/C11H11F2N3S2/c1-6-15-11(18-16-6)17-10-8(12)3-7(5-14-2)4-9(10)13/h3-4,14H,5H2,1-2H3. The molecular formula is C11H11F2N3S2. The van der Waals surface area contributed by atoms with Crippen molar-refractivity contribution in [3.8, 4) is 0 Å². The maximum Gasteiger partial charge on any atom is 0.175 e. The van der Waals surface area contributed by atoms with E-state index in [2.05, 4.69) is 14.7 Å². The van der Waals surface area contributed by atoms with Crippen LogP contribution in [0.4, 0.5) is 8.78 Å². The summed E-state index contributed by atoms with van der Waals surface area (Å²) < 4.78 is 32.1. The molecule has 1 N–H and O–H groups in total. The third-order valence-electron chi connectivity index (χ3n) is 2.14. The van der Waals surface area contributed by atoms with Crippen molar-refractivity contribution in [3.63, 3.8) is 0 Å². The zero-order chi connectivity index (χ0) is 13.1. The summed E-state index contributed by atoms with van der Waals surface area (Å²) in [6.07, 6.45) is 0. The number of benzene rings is 1. The smallest absolute Gasteiger partial charge is 0.175 e. The van der Waals surface area contributed by atoms with Crippen molar-refractivity contribution in [2.45, 2.75) is 22.7 Å². The number of aromatic nitrogens is 2. The number of halogens is 2. The molecule has 2 rings (SSSR count). The lowest BCUT2D eigenvalue weighted by molar-refractivity contribution is 0.536. The summed E-state index contributed by atoms with van der Waals surface area (Å²) in [6, 6.07) is 2.66. The molecule has 96 valence electrons. The molecule has 2 aromatic rings. The van der Waals surface area contributed by atoms with E-state index in [0.29, 0.717) is 22.3 Å². The summed E-state index contributed by atoms with van der Waals surface area (Å²) >= 11 is 2.10. The van der Waals surface area contributed by atoms with E-state index in [1.54, 1.807) is 14.0 Å². The fraction of sp³-hybridized carbons (Fsp3) is 0.273. The van der Waals surface area contributed by atoms with E-state index in [0.717, 1.165) is 23.3 Å².